The molecule has 0 aromatic rings. The number of hydrogen-bond acceptors (Lipinski definition) is 3. The average Bonchev–Trinajstić information content (AvgIpc) is 3.15. The van der Waals surface area contributed by atoms with Crippen molar-refractivity contribution in [2.45, 2.75) is 131 Å². The first kappa shape index (κ1) is 27.0. The van der Waals surface area contributed by atoms with Crippen molar-refractivity contribution < 1.29 is 19.4 Å². The first-order valence-corrected chi connectivity index (χ1v) is 15.0. The molecule has 1 unspecified atom stereocenters. The summed E-state index contributed by atoms with van der Waals surface area (Å²) in [6.07, 6.45) is 15.5. The van der Waals surface area contributed by atoms with Crippen molar-refractivity contribution in [1.82, 2.24) is 0 Å². The summed E-state index contributed by atoms with van der Waals surface area (Å²) < 4.78 is 5.74. The Morgan fingerprint density at radius 3 is 2.31 bits per heavy atom. The number of hydrogen-bond donors (Lipinski definition) is 1. The van der Waals surface area contributed by atoms with Gasteiger partial charge in [0.25, 0.3) is 0 Å². The Kier molecular flexibility index (Phi) is 8.28. The number of carboxylic acid groups (broad SMARTS) is 1. The van der Waals surface area contributed by atoms with Gasteiger partial charge in [-0.2, -0.15) is 0 Å². The van der Waals surface area contributed by atoms with Gasteiger partial charge in [0.05, 0.1) is 12.8 Å². The average molecular weight is 489 g/mol. The normalized spacial score (nSPS) is 41.5. The maximum absolute atomic E-state index is 12.1. The predicted molar refractivity (Wildman–Crippen MR) is 140 cm³/mol. The summed E-state index contributed by atoms with van der Waals surface area (Å²) in [5.41, 5.74) is 0.924. The van der Waals surface area contributed by atoms with Crippen LogP contribution in [0, 0.1) is 52.3 Å². The largest absolute Gasteiger partial charge is 0.481 e. The second-order valence-corrected chi connectivity index (χ2v) is 14.0. The standard InChI is InChI=1S/C31H52O4/c1-20(2)7-6-8-21(3)25-11-12-26-24-10-9-22-19-23(35-29(34)14-13-28(32)33)15-17-30(22,4)27(24)16-18-31(25,26)5/h20-27H,6-19H2,1-5H3,(H,32,33)/t21-,22?,23+,24+,25-,26+,27+,30+,31-/m1/s1. The van der Waals surface area contributed by atoms with E-state index >= 15 is 0 Å². The van der Waals surface area contributed by atoms with Gasteiger partial charge < -0.3 is 9.84 Å². The van der Waals surface area contributed by atoms with Gasteiger partial charge in [-0.25, -0.2) is 0 Å². The van der Waals surface area contributed by atoms with Gasteiger partial charge in [0.2, 0.25) is 0 Å². The zero-order valence-electron chi connectivity index (χ0n) is 23.2. The second kappa shape index (κ2) is 10.7. The molecule has 0 aromatic heterocycles. The summed E-state index contributed by atoms with van der Waals surface area (Å²) in [7, 11) is 0. The van der Waals surface area contributed by atoms with Crippen LogP contribution in [-0.4, -0.2) is 23.1 Å². The highest BCUT2D eigenvalue weighted by Gasteiger charge is 2.60. The number of aliphatic carboxylic acids is 1. The Hall–Kier alpha value is -1.06. The van der Waals surface area contributed by atoms with Crippen LogP contribution >= 0.6 is 0 Å². The molecular weight excluding hydrogens is 436 g/mol. The van der Waals surface area contributed by atoms with Gasteiger partial charge in [-0.3, -0.25) is 9.59 Å². The lowest BCUT2D eigenvalue weighted by atomic mass is 9.44. The molecule has 4 nitrogen and oxygen atoms in total. The molecule has 0 aromatic carbocycles. The molecule has 9 atom stereocenters. The Morgan fingerprint density at radius 2 is 1.60 bits per heavy atom. The van der Waals surface area contributed by atoms with Gasteiger partial charge in [-0.05, 0) is 110 Å². The zero-order valence-corrected chi connectivity index (χ0v) is 23.2. The number of esters is 1. The molecule has 0 aliphatic heterocycles. The van der Waals surface area contributed by atoms with E-state index in [1.165, 1.54) is 57.8 Å². The Morgan fingerprint density at radius 1 is 0.886 bits per heavy atom. The summed E-state index contributed by atoms with van der Waals surface area (Å²) in [5.74, 6) is 4.60. The van der Waals surface area contributed by atoms with Crippen molar-refractivity contribution in [3.8, 4) is 0 Å². The topological polar surface area (TPSA) is 63.6 Å². The van der Waals surface area contributed by atoms with Crippen LogP contribution in [0.15, 0.2) is 0 Å². The second-order valence-electron chi connectivity index (χ2n) is 14.0. The van der Waals surface area contributed by atoms with Crippen molar-refractivity contribution in [2.24, 2.45) is 52.3 Å². The lowest BCUT2D eigenvalue weighted by Crippen LogP contribution is -2.54. The van der Waals surface area contributed by atoms with Gasteiger partial charge in [0.15, 0.2) is 0 Å². The highest BCUT2D eigenvalue weighted by atomic mass is 16.5. The van der Waals surface area contributed by atoms with E-state index in [2.05, 4.69) is 34.6 Å². The first-order chi connectivity index (χ1) is 16.5. The molecule has 4 rings (SSSR count). The molecule has 0 bridgehead atoms. The van der Waals surface area contributed by atoms with E-state index in [1.54, 1.807) is 0 Å². The third kappa shape index (κ3) is 5.47. The number of fused-ring (bicyclic) bond motifs is 5. The van der Waals surface area contributed by atoms with E-state index in [1.807, 2.05) is 0 Å². The van der Waals surface area contributed by atoms with Crippen molar-refractivity contribution >= 4 is 11.9 Å². The molecular formula is C31H52O4. The molecule has 0 heterocycles. The van der Waals surface area contributed by atoms with Crippen LogP contribution in [0.4, 0.5) is 0 Å². The summed E-state index contributed by atoms with van der Waals surface area (Å²) in [6, 6.07) is 0. The van der Waals surface area contributed by atoms with Crippen molar-refractivity contribution in [1.29, 1.82) is 0 Å². The molecule has 4 aliphatic carbocycles. The van der Waals surface area contributed by atoms with E-state index in [0.29, 0.717) is 16.7 Å². The summed E-state index contributed by atoms with van der Waals surface area (Å²) >= 11 is 0. The Balaban J connectivity index is 1.37. The van der Waals surface area contributed by atoms with Crippen LogP contribution in [-0.2, 0) is 14.3 Å². The number of carbonyl (C=O) groups excluding carboxylic acids is 1. The van der Waals surface area contributed by atoms with E-state index in [4.69, 9.17) is 9.84 Å². The minimum Gasteiger partial charge on any atom is -0.481 e. The monoisotopic (exact) mass is 488 g/mol. The summed E-state index contributed by atoms with van der Waals surface area (Å²) in [6.45, 7) is 12.5. The van der Waals surface area contributed by atoms with Crippen LogP contribution in [0.5, 0.6) is 0 Å². The van der Waals surface area contributed by atoms with Gasteiger partial charge >= 0.3 is 11.9 Å². The molecule has 4 fully saturated rings. The minimum absolute atomic E-state index is 0.00418. The predicted octanol–water partition coefficient (Wildman–Crippen LogP) is 7.88. The van der Waals surface area contributed by atoms with Crippen LogP contribution in [0.2, 0.25) is 0 Å². The van der Waals surface area contributed by atoms with Gasteiger partial charge in [-0.1, -0.05) is 53.9 Å². The van der Waals surface area contributed by atoms with E-state index < -0.39 is 5.97 Å². The van der Waals surface area contributed by atoms with Crippen molar-refractivity contribution in [3.63, 3.8) is 0 Å². The quantitative estimate of drug-likeness (QED) is 0.335. The van der Waals surface area contributed by atoms with E-state index in [-0.39, 0.29) is 24.9 Å². The SMILES string of the molecule is CC(C)CCC[C@@H](C)[C@H]1CC[C@H]2[C@@H]3CCC4C[C@@H](OC(=O)CCC(=O)O)CC[C@]4(C)[C@H]3CC[C@]12C. The molecule has 0 spiro atoms. The fraction of sp³-hybridized carbons (Fsp3) is 0.935. The van der Waals surface area contributed by atoms with E-state index in [0.717, 1.165) is 54.8 Å². The Bertz CT molecular complexity index is 761. The fourth-order valence-corrected chi connectivity index (χ4v) is 9.80. The van der Waals surface area contributed by atoms with Gasteiger partial charge in [0.1, 0.15) is 6.10 Å². The third-order valence-electron chi connectivity index (χ3n) is 11.7. The third-order valence-corrected chi connectivity index (χ3v) is 11.7. The van der Waals surface area contributed by atoms with E-state index in [9.17, 15) is 9.59 Å². The molecule has 4 saturated carbocycles. The number of ether oxygens (including phenoxy) is 1. The summed E-state index contributed by atoms with van der Waals surface area (Å²) in [5, 5.41) is 8.85. The van der Waals surface area contributed by atoms with Gasteiger partial charge in [-0.15, -0.1) is 0 Å². The summed E-state index contributed by atoms with van der Waals surface area (Å²) in [4.78, 5) is 22.9. The first-order valence-electron chi connectivity index (χ1n) is 15.0. The smallest absolute Gasteiger partial charge is 0.306 e. The minimum atomic E-state index is -0.931. The van der Waals surface area contributed by atoms with Crippen LogP contribution in [0.25, 0.3) is 0 Å². The van der Waals surface area contributed by atoms with Crippen LogP contribution in [0.3, 0.4) is 0 Å². The maximum Gasteiger partial charge on any atom is 0.306 e. The molecule has 0 saturated heterocycles. The molecule has 200 valence electrons. The van der Waals surface area contributed by atoms with Crippen LogP contribution in [0.1, 0.15) is 125 Å². The number of rotatable bonds is 9. The number of carboxylic acids is 1. The maximum atomic E-state index is 12.1. The molecule has 4 aliphatic rings. The van der Waals surface area contributed by atoms with Crippen molar-refractivity contribution in [3.05, 3.63) is 0 Å². The molecule has 0 radical (unpaired) electrons. The molecule has 0 amide bonds. The lowest BCUT2D eigenvalue weighted by molar-refractivity contribution is -0.164. The fourth-order valence-electron chi connectivity index (χ4n) is 9.80. The number of carbonyl (C=O) groups is 2. The highest BCUT2D eigenvalue weighted by Crippen LogP contribution is 2.68. The molecule has 4 heteroatoms. The van der Waals surface area contributed by atoms with Crippen molar-refractivity contribution in [2.75, 3.05) is 0 Å². The molecule has 35 heavy (non-hydrogen) atoms. The van der Waals surface area contributed by atoms with Gasteiger partial charge in [0, 0.05) is 0 Å². The lowest BCUT2D eigenvalue weighted by Gasteiger charge is -2.61. The van der Waals surface area contributed by atoms with Crippen LogP contribution < -0.4 is 0 Å². The Labute approximate surface area is 214 Å². The zero-order chi connectivity index (χ0) is 25.4. The molecule has 1 N–H and O–H groups in total. The highest BCUT2D eigenvalue weighted by molar-refractivity contribution is 5.76.